The predicted octanol–water partition coefficient (Wildman–Crippen LogP) is 3.97. The van der Waals surface area contributed by atoms with Gasteiger partial charge in [-0.05, 0) is 37.5 Å². The van der Waals surface area contributed by atoms with Crippen molar-refractivity contribution in [2.45, 2.75) is 26.3 Å². The van der Waals surface area contributed by atoms with E-state index in [0.717, 1.165) is 16.0 Å². The summed E-state index contributed by atoms with van der Waals surface area (Å²) in [6.07, 6.45) is 4.89. The van der Waals surface area contributed by atoms with Crippen molar-refractivity contribution in [1.82, 2.24) is 0 Å². The number of amides is 2. The third kappa shape index (κ3) is 3.51. The molecule has 0 aromatic heterocycles. The van der Waals surface area contributed by atoms with Crippen LogP contribution in [0.5, 0.6) is 0 Å². The quantitative estimate of drug-likeness (QED) is 0.360. The van der Waals surface area contributed by atoms with E-state index in [-0.39, 0.29) is 35.0 Å². The van der Waals surface area contributed by atoms with E-state index in [1.807, 2.05) is 43.3 Å². The highest BCUT2D eigenvalue weighted by Crippen LogP contribution is 2.39. The molecule has 1 aliphatic heterocycles. The van der Waals surface area contributed by atoms with Crippen LogP contribution in [-0.2, 0) is 16.1 Å². The van der Waals surface area contributed by atoms with Gasteiger partial charge in [0.25, 0.3) is 5.69 Å². The van der Waals surface area contributed by atoms with Gasteiger partial charge in [0, 0.05) is 12.6 Å². The van der Waals surface area contributed by atoms with Crippen molar-refractivity contribution >= 4 is 28.9 Å². The van der Waals surface area contributed by atoms with Crippen molar-refractivity contribution in [2.24, 2.45) is 11.8 Å². The van der Waals surface area contributed by atoms with Gasteiger partial charge in [-0.15, -0.1) is 0 Å². The number of imide groups is 1. The number of fused-ring (bicyclic) bond motifs is 1. The Morgan fingerprint density at radius 1 is 1.03 bits per heavy atom. The molecule has 4 rings (SSSR count). The van der Waals surface area contributed by atoms with Gasteiger partial charge in [-0.25, -0.2) is 4.90 Å². The second kappa shape index (κ2) is 7.50. The van der Waals surface area contributed by atoms with E-state index in [4.69, 9.17) is 0 Å². The van der Waals surface area contributed by atoms with E-state index in [0.29, 0.717) is 25.1 Å². The molecule has 1 N–H and O–H groups in total. The molecule has 148 valence electrons. The number of carbonyl (C=O) groups excluding carboxylic acids is 2. The minimum Gasteiger partial charge on any atom is -0.375 e. The molecule has 1 saturated heterocycles. The molecule has 0 saturated carbocycles. The molecule has 2 aromatic carbocycles. The summed E-state index contributed by atoms with van der Waals surface area (Å²) < 4.78 is 0. The van der Waals surface area contributed by atoms with Crippen molar-refractivity contribution < 1.29 is 14.5 Å². The van der Waals surface area contributed by atoms with Crippen LogP contribution in [0.2, 0.25) is 0 Å². The van der Waals surface area contributed by atoms with E-state index in [1.54, 1.807) is 12.1 Å². The maximum atomic E-state index is 12.7. The fraction of sp³-hybridized carbons (Fsp3) is 0.273. The predicted molar refractivity (Wildman–Crippen MR) is 109 cm³/mol. The molecule has 2 aliphatic rings. The van der Waals surface area contributed by atoms with Gasteiger partial charge in [-0.2, -0.15) is 0 Å². The minimum atomic E-state index is -0.499. The third-order valence-electron chi connectivity index (χ3n) is 5.55. The number of nitrogens with one attached hydrogen (secondary N) is 1. The van der Waals surface area contributed by atoms with Crippen LogP contribution >= 0.6 is 0 Å². The zero-order chi connectivity index (χ0) is 20.5. The smallest absolute Gasteiger partial charge is 0.294 e. The number of nitrogens with zero attached hydrogens (tertiary/aromatic N) is 2. The van der Waals surface area contributed by atoms with Gasteiger partial charge in [0.05, 0.1) is 22.4 Å². The van der Waals surface area contributed by atoms with Gasteiger partial charge < -0.3 is 5.32 Å². The summed E-state index contributed by atoms with van der Waals surface area (Å²) in [4.78, 5) is 37.7. The molecule has 1 aliphatic carbocycles. The Morgan fingerprint density at radius 3 is 2.24 bits per heavy atom. The summed E-state index contributed by atoms with van der Waals surface area (Å²) in [5.74, 6) is -1.30. The largest absolute Gasteiger partial charge is 0.375 e. The fourth-order valence-corrected chi connectivity index (χ4v) is 3.92. The van der Waals surface area contributed by atoms with E-state index in [2.05, 4.69) is 5.32 Å². The van der Waals surface area contributed by atoms with Crippen LogP contribution in [-0.4, -0.2) is 16.7 Å². The number of benzene rings is 2. The normalized spacial score (nSPS) is 20.7. The van der Waals surface area contributed by atoms with Gasteiger partial charge in [0.15, 0.2) is 0 Å². The summed E-state index contributed by atoms with van der Waals surface area (Å²) in [7, 11) is 0. The lowest BCUT2D eigenvalue weighted by molar-refractivity contribution is -0.383. The van der Waals surface area contributed by atoms with E-state index < -0.39 is 4.92 Å². The molecule has 7 nitrogen and oxygen atoms in total. The van der Waals surface area contributed by atoms with Crippen LogP contribution in [0.3, 0.4) is 0 Å². The first kappa shape index (κ1) is 18.9. The lowest BCUT2D eigenvalue weighted by Crippen LogP contribution is -2.30. The van der Waals surface area contributed by atoms with Gasteiger partial charge in [-0.1, -0.05) is 42.0 Å². The summed E-state index contributed by atoms with van der Waals surface area (Å²) in [6.45, 7) is 2.42. The Labute approximate surface area is 168 Å². The Kier molecular flexibility index (Phi) is 4.88. The summed E-state index contributed by atoms with van der Waals surface area (Å²) in [6, 6.07) is 12.3. The standard InChI is InChI=1S/C22H21N3O4/c1-14-6-8-15(9-7-14)13-23-19-11-10-16(12-20(19)25(28)29)24-21(26)17-4-2-3-5-18(17)22(24)27/h2-3,6-12,17-18,23H,4-5,13H2,1H3. The zero-order valence-electron chi connectivity index (χ0n) is 16.0. The first-order chi connectivity index (χ1) is 14.0. The lowest BCUT2D eigenvalue weighted by Gasteiger charge is -2.16. The molecule has 1 heterocycles. The summed E-state index contributed by atoms with van der Waals surface area (Å²) >= 11 is 0. The fourth-order valence-electron chi connectivity index (χ4n) is 3.92. The van der Waals surface area contributed by atoms with Gasteiger partial charge >= 0.3 is 0 Å². The van der Waals surface area contributed by atoms with Crippen molar-refractivity contribution in [3.05, 3.63) is 75.9 Å². The molecule has 2 amide bonds. The molecule has 7 heteroatoms. The van der Waals surface area contributed by atoms with Gasteiger partial charge in [0.2, 0.25) is 11.8 Å². The highest BCUT2D eigenvalue weighted by Gasteiger charge is 2.48. The van der Waals surface area contributed by atoms with E-state index in [9.17, 15) is 19.7 Å². The van der Waals surface area contributed by atoms with Gasteiger partial charge in [0.1, 0.15) is 5.69 Å². The number of nitro groups is 1. The lowest BCUT2D eigenvalue weighted by atomic mass is 9.85. The van der Waals surface area contributed by atoms with Crippen LogP contribution in [0.4, 0.5) is 17.1 Å². The van der Waals surface area contributed by atoms with E-state index in [1.165, 1.54) is 6.07 Å². The van der Waals surface area contributed by atoms with E-state index >= 15 is 0 Å². The highest BCUT2D eigenvalue weighted by molar-refractivity contribution is 6.22. The average Bonchev–Trinajstić information content (AvgIpc) is 2.98. The van der Waals surface area contributed by atoms with Gasteiger partial charge in [-0.3, -0.25) is 19.7 Å². The molecule has 0 radical (unpaired) electrons. The van der Waals surface area contributed by atoms with Crippen molar-refractivity contribution in [1.29, 1.82) is 0 Å². The molecule has 2 atom stereocenters. The molecular weight excluding hydrogens is 370 g/mol. The average molecular weight is 391 g/mol. The summed E-state index contributed by atoms with van der Waals surface area (Å²) in [5, 5.41) is 14.7. The Balaban J connectivity index is 1.59. The second-order valence-corrected chi connectivity index (χ2v) is 7.47. The highest BCUT2D eigenvalue weighted by atomic mass is 16.6. The Bertz CT molecular complexity index is 987. The maximum absolute atomic E-state index is 12.7. The van der Waals surface area contributed by atoms with Crippen LogP contribution in [0.15, 0.2) is 54.6 Å². The SMILES string of the molecule is Cc1ccc(CNc2ccc(N3C(=O)C4CC=CCC4C3=O)cc2[N+](=O)[O-])cc1. The summed E-state index contributed by atoms with van der Waals surface area (Å²) in [5.41, 5.74) is 2.57. The first-order valence-electron chi connectivity index (χ1n) is 9.56. The molecule has 2 aromatic rings. The number of rotatable bonds is 5. The number of hydrogen-bond donors (Lipinski definition) is 1. The number of allylic oxidation sites excluding steroid dienone is 2. The zero-order valence-corrected chi connectivity index (χ0v) is 16.0. The molecule has 0 spiro atoms. The first-order valence-corrected chi connectivity index (χ1v) is 9.56. The molecule has 0 bridgehead atoms. The number of aryl methyl sites for hydroxylation is 1. The topological polar surface area (TPSA) is 92.6 Å². The third-order valence-corrected chi connectivity index (χ3v) is 5.55. The number of anilines is 2. The Hall–Kier alpha value is -3.48. The molecule has 29 heavy (non-hydrogen) atoms. The van der Waals surface area contributed by atoms with Crippen LogP contribution in [0.1, 0.15) is 24.0 Å². The second-order valence-electron chi connectivity index (χ2n) is 7.47. The number of hydrogen-bond acceptors (Lipinski definition) is 5. The van der Waals surface area contributed by atoms with Crippen LogP contribution in [0.25, 0.3) is 0 Å². The molecular formula is C22H21N3O4. The van der Waals surface area contributed by atoms with Crippen molar-refractivity contribution in [3.8, 4) is 0 Å². The number of carbonyl (C=O) groups is 2. The maximum Gasteiger partial charge on any atom is 0.294 e. The van der Waals surface area contributed by atoms with Crippen LogP contribution < -0.4 is 10.2 Å². The van der Waals surface area contributed by atoms with Crippen molar-refractivity contribution in [3.63, 3.8) is 0 Å². The number of nitro benzene ring substituents is 1. The monoisotopic (exact) mass is 391 g/mol. The molecule has 1 fully saturated rings. The molecule has 2 unspecified atom stereocenters. The Morgan fingerprint density at radius 2 is 1.66 bits per heavy atom. The van der Waals surface area contributed by atoms with Crippen LogP contribution in [0, 0.1) is 28.9 Å². The van der Waals surface area contributed by atoms with Crippen molar-refractivity contribution in [2.75, 3.05) is 10.2 Å². The minimum absolute atomic E-state index is 0.164.